The highest BCUT2D eigenvalue weighted by Gasteiger charge is 2.14. The fourth-order valence-corrected chi connectivity index (χ4v) is 3.47. The maximum atomic E-state index is 12.4. The molecule has 0 spiro atoms. The van der Waals surface area contributed by atoms with E-state index in [4.69, 9.17) is 0 Å². The van der Waals surface area contributed by atoms with E-state index in [1.165, 1.54) is 17.7 Å². The van der Waals surface area contributed by atoms with E-state index in [1.807, 2.05) is 12.1 Å². The predicted molar refractivity (Wildman–Crippen MR) is 95.7 cm³/mol. The molecule has 0 bridgehead atoms. The molecule has 0 heterocycles. The number of carboxylic acid groups (broad SMARTS) is 1. The molecule has 0 fully saturated rings. The van der Waals surface area contributed by atoms with Crippen LogP contribution < -0.4 is 9.83 Å². The summed E-state index contributed by atoms with van der Waals surface area (Å²) in [6, 6.07) is 13.5. The number of sulfonamides is 1. The van der Waals surface area contributed by atoms with Crippen LogP contribution in [0.3, 0.4) is 0 Å². The van der Waals surface area contributed by atoms with Crippen molar-refractivity contribution >= 4 is 21.7 Å². The molecule has 5 nitrogen and oxygen atoms in total. The van der Waals surface area contributed by atoms with Crippen molar-refractivity contribution in [2.24, 2.45) is 0 Å². The average Bonchev–Trinajstić information content (AvgIpc) is 2.60. The second-order valence-electron chi connectivity index (χ2n) is 6.05. The number of hydrogen-bond donors (Lipinski definition) is 1. The standard InChI is InChI=1S/C19H23NO4S/c1-3-14(2)16-7-9-17(10-8-16)20-25(23,24)18-11-4-15(5-12-18)6-13-19(21)22/h4-5,7-12,14,20H,3,6,13H2,1-2H3,(H,21,22)/p-1/t14-/m0/s1. The lowest BCUT2D eigenvalue weighted by atomic mass is 9.99. The minimum atomic E-state index is -3.68. The summed E-state index contributed by atoms with van der Waals surface area (Å²) in [6.45, 7) is 4.24. The van der Waals surface area contributed by atoms with Gasteiger partial charge in [0.25, 0.3) is 10.0 Å². The lowest BCUT2D eigenvalue weighted by Gasteiger charge is -2.12. The molecule has 134 valence electrons. The van der Waals surface area contributed by atoms with Crippen molar-refractivity contribution in [2.75, 3.05) is 4.72 Å². The van der Waals surface area contributed by atoms with Gasteiger partial charge >= 0.3 is 0 Å². The molecule has 0 unspecified atom stereocenters. The number of anilines is 1. The Morgan fingerprint density at radius 3 is 2.20 bits per heavy atom. The number of carbonyl (C=O) groups excluding carboxylic acids is 1. The van der Waals surface area contributed by atoms with E-state index in [0.29, 0.717) is 18.0 Å². The molecular formula is C19H22NO4S-. The predicted octanol–water partition coefficient (Wildman–Crippen LogP) is 2.68. The van der Waals surface area contributed by atoms with Gasteiger partial charge in [0.2, 0.25) is 0 Å². The summed E-state index contributed by atoms with van der Waals surface area (Å²) in [7, 11) is -3.68. The molecule has 1 atom stereocenters. The van der Waals surface area contributed by atoms with Gasteiger partial charge in [0, 0.05) is 11.7 Å². The Kier molecular flexibility index (Phi) is 6.20. The van der Waals surface area contributed by atoms with Crippen LogP contribution >= 0.6 is 0 Å². The number of benzene rings is 2. The highest BCUT2D eigenvalue weighted by molar-refractivity contribution is 7.92. The van der Waals surface area contributed by atoms with Crippen molar-refractivity contribution < 1.29 is 18.3 Å². The van der Waals surface area contributed by atoms with E-state index >= 15 is 0 Å². The van der Waals surface area contributed by atoms with Gasteiger partial charge in [-0.1, -0.05) is 38.1 Å². The molecule has 0 aliphatic heterocycles. The zero-order valence-corrected chi connectivity index (χ0v) is 15.2. The van der Waals surface area contributed by atoms with Crippen LogP contribution in [0.1, 0.15) is 43.7 Å². The van der Waals surface area contributed by atoms with Gasteiger partial charge in [-0.15, -0.1) is 0 Å². The lowest BCUT2D eigenvalue weighted by Crippen LogP contribution is -2.22. The van der Waals surface area contributed by atoms with Gasteiger partial charge in [0.1, 0.15) is 0 Å². The van der Waals surface area contributed by atoms with Gasteiger partial charge in [-0.2, -0.15) is 0 Å². The largest absolute Gasteiger partial charge is 0.550 e. The molecule has 0 aliphatic carbocycles. The monoisotopic (exact) mass is 360 g/mol. The van der Waals surface area contributed by atoms with Crippen molar-refractivity contribution in [1.82, 2.24) is 0 Å². The Morgan fingerprint density at radius 1 is 1.08 bits per heavy atom. The summed E-state index contributed by atoms with van der Waals surface area (Å²) in [5.74, 6) is -0.696. The molecule has 0 saturated carbocycles. The summed E-state index contributed by atoms with van der Waals surface area (Å²) < 4.78 is 27.4. The van der Waals surface area contributed by atoms with Crippen LogP contribution in [0, 0.1) is 0 Å². The molecular weight excluding hydrogens is 338 g/mol. The van der Waals surface area contributed by atoms with Crippen molar-refractivity contribution in [1.29, 1.82) is 0 Å². The number of carboxylic acids is 1. The Balaban J connectivity index is 2.09. The van der Waals surface area contributed by atoms with Gasteiger partial charge in [0.15, 0.2) is 0 Å². The molecule has 0 aliphatic rings. The van der Waals surface area contributed by atoms with E-state index in [0.717, 1.165) is 12.0 Å². The zero-order chi connectivity index (χ0) is 18.4. The first-order valence-corrected chi connectivity index (χ1v) is 9.71. The van der Waals surface area contributed by atoms with Crippen LogP contribution in [-0.2, 0) is 21.2 Å². The summed E-state index contributed by atoms with van der Waals surface area (Å²) in [6.07, 6.45) is 1.25. The number of rotatable bonds is 8. The molecule has 0 saturated heterocycles. The number of nitrogens with one attached hydrogen (secondary N) is 1. The maximum absolute atomic E-state index is 12.4. The normalized spacial score (nSPS) is 12.6. The highest BCUT2D eigenvalue weighted by atomic mass is 32.2. The van der Waals surface area contributed by atoms with Crippen molar-refractivity contribution in [3.05, 3.63) is 59.7 Å². The number of carbonyl (C=O) groups is 1. The molecule has 2 rings (SSSR count). The topological polar surface area (TPSA) is 86.3 Å². The van der Waals surface area contributed by atoms with Crippen molar-refractivity contribution in [2.45, 2.75) is 43.9 Å². The average molecular weight is 360 g/mol. The quantitative estimate of drug-likeness (QED) is 0.784. The van der Waals surface area contributed by atoms with E-state index < -0.39 is 16.0 Å². The van der Waals surface area contributed by atoms with E-state index in [9.17, 15) is 18.3 Å². The maximum Gasteiger partial charge on any atom is 0.261 e. The van der Waals surface area contributed by atoms with Crippen LogP contribution in [0.2, 0.25) is 0 Å². The van der Waals surface area contributed by atoms with Gasteiger partial charge in [-0.3, -0.25) is 4.72 Å². The summed E-state index contributed by atoms with van der Waals surface area (Å²) >= 11 is 0. The Morgan fingerprint density at radius 2 is 1.68 bits per heavy atom. The number of aryl methyl sites for hydroxylation is 1. The molecule has 2 aromatic carbocycles. The third-order valence-electron chi connectivity index (χ3n) is 4.20. The Hall–Kier alpha value is -2.34. The first-order chi connectivity index (χ1) is 11.8. The summed E-state index contributed by atoms with van der Waals surface area (Å²) in [4.78, 5) is 10.6. The molecule has 1 N–H and O–H groups in total. The van der Waals surface area contributed by atoms with Crippen LogP contribution in [0.5, 0.6) is 0 Å². The minimum absolute atomic E-state index is 0.0904. The van der Waals surface area contributed by atoms with Crippen molar-refractivity contribution in [3.8, 4) is 0 Å². The molecule has 0 aromatic heterocycles. The van der Waals surface area contributed by atoms with Gasteiger partial charge in [-0.05, 0) is 60.6 Å². The van der Waals surface area contributed by atoms with Crippen LogP contribution in [-0.4, -0.2) is 14.4 Å². The lowest BCUT2D eigenvalue weighted by molar-refractivity contribution is -0.305. The Bertz CT molecular complexity index is 812. The molecule has 0 radical (unpaired) electrons. The van der Waals surface area contributed by atoms with Crippen LogP contribution in [0.4, 0.5) is 5.69 Å². The molecule has 0 amide bonds. The van der Waals surface area contributed by atoms with Crippen molar-refractivity contribution in [3.63, 3.8) is 0 Å². The van der Waals surface area contributed by atoms with Gasteiger partial charge < -0.3 is 9.90 Å². The van der Waals surface area contributed by atoms with Crippen LogP contribution in [0.15, 0.2) is 53.4 Å². The molecule has 25 heavy (non-hydrogen) atoms. The fourth-order valence-electron chi connectivity index (χ4n) is 2.41. The highest BCUT2D eigenvalue weighted by Crippen LogP contribution is 2.22. The molecule has 2 aromatic rings. The second-order valence-corrected chi connectivity index (χ2v) is 7.74. The van der Waals surface area contributed by atoms with Crippen LogP contribution in [0.25, 0.3) is 0 Å². The fraction of sp³-hybridized carbons (Fsp3) is 0.316. The van der Waals surface area contributed by atoms with Gasteiger partial charge in [0.05, 0.1) is 4.90 Å². The first-order valence-electron chi connectivity index (χ1n) is 8.23. The molecule has 6 heteroatoms. The van der Waals surface area contributed by atoms with E-state index in [1.54, 1.807) is 24.3 Å². The first kappa shape index (κ1) is 19.0. The third-order valence-corrected chi connectivity index (χ3v) is 5.59. The van der Waals surface area contributed by atoms with E-state index in [-0.39, 0.29) is 11.3 Å². The summed E-state index contributed by atoms with van der Waals surface area (Å²) in [5.41, 5.74) is 2.43. The number of hydrogen-bond acceptors (Lipinski definition) is 4. The SMILES string of the molecule is CC[C@H](C)c1ccc(NS(=O)(=O)c2ccc(CCC(=O)[O-])cc2)cc1. The third kappa shape index (κ3) is 5.32. The summed E-state index contributed by atoms with van der Waals surface area (Å²) in [5, 5.41) is 10.5. The van der Waals surface area contributed by atoms with E-state index in [2.05, 4.69) is 18.6 Å². The zero-order valence-electron chi connectivity index (χ0n) is 14.4. The second kappa shape index (κ2) is 8.16. The number of aliphatic carboxylic acids is 1. The smallest absolute Gasteiger partial charge is 0.261 e. The Labute approximate surface area is 148 Å². The minimum Gasteiger partial charge on any atom is -0.550 e. The van der Waals surface area contributed by atoms with Gasteiger partial charge in [-0.25, -0.2) is 8.42 Å².